The number of ketones is 2. The quantitative estimate of drug-likeness (QED) is 0.0995. The third kappa shape index (κ3) is 11.0. The molecule has 2 aromatic carbocycles. The van der Waals surface area contributed by atoms with Gasteiger partial charge in [0, 0.05) is 30.7 Å². The summed E-state index contributed by atoms with van der Waals surface area (Å²) in [5.41, 5.74) is 4.84. The van der Waals surface area contributed by atoms with Crippen LogP contribution in [0.25, 0.3) is 4.85 Å². The second-order valence-corrected chi connectivity index (χ2v) is 12.7. The molecule has 1 saturated heterocycles. The number of amides is 2. The first-order valence-electron chi connectivity index (χ1n) is 16.6. The van der Waals surface area contributed by atoms with Gasteiger partial charge in [0.2, 0.25) is 11.6 Å². The van der Waals surface area contributed by atoms with Gasteiger partial charge in [-0.05, 0) is 79.5 Å². The van der Waals surface area contributed by atoms with Crippen molar-refractivity contribution >= 4 is 63.7 Å². The number of likely N-dealkylation sites (tertiary alicyclic amines) is 1. The van der Waals surface area contributed by atoms with Crippen LogP contribution in [0.5, 0.6) is 5.75 Å². The molecule has 0 unspecified atom stereocenters. The number of urea groups is 1. The number of benzene rings is 2. The number of para-hydroxylation sites is 2. The van der Waals surface area contributed by atoms with Crippen molar-refractivity contribution in [1.82, 2.24) is 19.9 Å². The molecule has 6 bridgehead atoms. The Hall–Kier alpha value is -5.96. The predicted molar refractivity (Wildman–Crippen MR) is 190 cm³/mol. The maximum Gasteiger partial charge on any atom is 0.458 e. The lowest BCUT2D eigenvalue weighted by atomic mass is 9.94. The second-order valence-electron chi connectivity index (χ2n) is 12.3. The van der Waals surface area contributed by atoms with Gasteiger partial charge >= 0.3 is 30.0 Å². The van der Waals surface area contributed by atoms with Crippen LogP contribution in [0.4, 0.5) is 65.7 Å². The van der Waals surface area contributed by atoms with E-state index in [0.717, 1.165) is 60.4 Å². The molecule has 0 radical (unpaired) electrons. The van der Waals surface area contributed by atoms with Gasteiger partial charge in [0.15, 0.2) is 5.82 Å². The van der Waals surface area contributed by atoms with E-state index < -0.39 is 23.9 Å². The van der Waals surface area contributed by atoms with E-state index in [1.807, 2.05) is 29.3 Å². The largest absolute Gasteiger partial charge is 0.493 e. The minimum atomic E-state index is -5.77. The fourth-order valence-electron chi connectivity index (χ4n) is 5.63. The van der Waals surface area contributed by atoms with Gasteiger partial charge in [-0.25, -0.2) is 14.6 Å². The van der Waals surface area contributed by atoms with Crippen LogP contribution in [-0.2, 0) is 22.4 Å². The first kappa shape index (κ1) is 40.2. The Balaban J connectivity index is 0.000000418. The molecule has 6 rings (SSSR count). The van der Waals surface area contributed by atoms with Crippen LogP contribution in [0.1, 0.15) is 30.4 Å². The van der Waals surface area contributed by atoms with Crippen molar-refractivity contribution < 1.29 is 45.5 Å². The van der Waals surface area contributed by atoms with Crippen molar-refractivity contribution in [3.63, 3.8) is 0 Å². The molecule has 4 heterocycles. The monoisotopic (exact) mass is 788 g/mol. The molecule has 0 atom stereocenters. The lowest BCUT2D eigenvalue weighted by molar-refractivity contribution is -0.193. The number of hydrogen-bond donors (Lipinski definition) is 3. The number of alkyl halides is 6. The smallest absolute Gasteiger partial charge is 0.458 e. The number of carbonyl (C=O) groups excluding carboxylic acids is 3. The number of halogens is 7. The van der Waals surface area contributed by atoms with Crippen LogP contribution >= 0.6 is 11.6 Å². The third-order valence-corrected chi connectivity index (χ3v) is 8.75. The average Bonchev–Trinajstić information content (AvgIpc) is 3.15. The van der Waals surface area contributed by atoms with Crippen molar-refractivity contribution in [3.8, 4) is 5.75 Å². The van der Waals surface area contributed by atoms with Gasteiger partial charge in [-0.2, -0.15) is 31.3 Å². The van der Waals surface area contributed by atoms with Crippen LogP contribution in [0.3, 0.4) is 0 Å². The fourth-order valence-corrected chi connectivity index (χ4v) is 5.77. The number of rotatable bonds is 6. The fraction of sp³-hybridized carbons (Fsp3) is 0.306. The van der Waals surface area contributed by atoms with Crippen molar-refractivity contribution in [2.75, 3.05) is 35.6 Å². The summed E-state index contributed by atoms with van der Waals surface area (Å²) in [5.74, 6) is -4.54. The summed E-state index contributed by atoms with van der Waals surface area (Å²) in [5, 5.41) is 9.84. The summed E-state index contributed by atoms with van der Waals surface area (Å²) < 4.78 is 73.3. The Morgan fingerprint density at radius 3 is 2.33 bits per heavy atom. The first-order valence-corrected chi connectivity index (χ1v) is 17.0. The molecule has 0 aliphatic carbocycles. The highest BCUT2D eigenvalue weighted by Gasteiger charge is 2.54. The van der Waals surface area contributed by atoms with Gasteiger partial charge in [0.25, 0.3) is 0 Å². The van der Waals surface area contributed by atoms with Gasteiger partial charge in [-0.1, -0.05) is 29.8 Å². The number of hydrogen-bond acceptors (Lipinski definition) is 9. The van der Waals surface area contributed by atoms with E-state index in [2.05, 4.69) is 47.9 Å². The van der Waals surface area contributed by atoms with E-state index >= 15 is 0 Å². The number of anilines is 5. The molecule has 1 fully saturated rings. The summed E-state index contributed by atoms with van der Waals surface area (Å²) in [6.45, 7) is 9.26. The van der Waals surface area contributed by atoms with Gasteiger partial charge in [0.05, 0.1) is 31.3 Å². The Labute approximate surface area is 315 Å². The minimum absolute atomic E-state index is 0.157. The van der Waals surface area contributed by atoms with Gasteiger partial charge in [-0.15, -0.1) is 0 Å². The molecular weight excluding hydrogens is 758 g/mol. The zero-order valence-electron chi connectivity index (χ0n) is 28.6. The van der Waals surface area contributed by atoms with E-state index in [1.54, 1.807) is 30.6 Å². The molecule has 2 aromatic heterocycles. The molecule has 0 spiro atoms. The molecular formula is C36H31ClF6N8O4. The molecule has 12 nitrogen and oxygen atoms in total. The lowest BCUT2D eigenvalue weighted by Gasteiger charge is -2.32. The number of Topliss-reactive ketones (excluding diaryl/α,β-unsaturated/α-hetero) is 2. The van der Waals surface area contributed by atoms with Gasteiger partial charge < -0.3 is 25.6 Å². The number of ether oxygens (including phenoxy) is 1. The number of aryl methyl sites for hydroxylation is 2. The van der Waals surface area contributed by atoms with E-state index in [9.17, 15) is 40.7 Å². The molecule has 3 N–H and O–H groups in total. The number of carbonyl (C=O) groups is 3. The summed E-state index contributed by atoms with van der Waals surface area (Å²) in [4.78, 5) is 50.6. The highest BCUT2D eigenvalue weighted by atomic mass is 35.5. The molecule has 288 valence electrons. The lowest BCUT2D eigenvalue weighted by Crippen LogP contribution is -2.41. The molecule has 4 aromatic rings. The average molecular weight is 789 g/mol. The van der Waals surface area contributed by atoms with Crippen LogP contribution in [0.15, 0.2) is 67.1 Å². The highest BCUT2D eigenvalue weighted by Crippen LogP contribution is 2.32. The van der Waals surface area contributed by atoms with Gasteiger partial charge in [0.1, 0.15) is 10.8 Å². The van der Waals surface area contributed by atoms with E-state index in [-0.39, 0.29) is 6.03 Å². The van der Waals surface area contributed by atoms with Crippen LogP contribution < -0.4 is 20.7 Å². The first-order chi connectivity index (χ1) is 26.1. The molecule has 0 saturated carbocycles. The molecule has 19 heteroatoms. The molecule has 2 amide bonds. The second kappa shape index (κ2) is 17.5. The highest BCUT2D eigenvalue weighted by molar-refractivity contribution is 6.41. The standard InChI is InChI=1S/C32H31ClN8O2.C4F6O2/c1-34-27-4-2-3-5-28(27)39-32(42)41-13-10-21(11-14-41)12-15-43-29-9-8-24-17-23(29)7-6-22-16-25(19-35-18-22)38-31-36-20-26(33)30(37-24)40-31;5-3(6,7)1(11)2(12)4(8,9)10/h2-5,8-9,16-21H,6-7,10-15H2,(H,39,42)(H2,36,37,38,40);. The number of fused-ring (bicyclic) bond motifs is 6. The zero-order chi connectivity index (χ0) is 39.8. The third-order valence-electron chi connectivity index (χ3n) is 8.47. The number of piperidine rings is 1. The van der Waals surface area contributed by atoms with Crippen molar-refractivity contribution in [3.05, 3.63) is 94.7 Å². The predicted octanol–water partition coefficient (Wildman–Crippen LogP) is 8.62. The van der Waals surface area contributed by atoms with Crippen LogP contribution in [0.2, 0.25) is 5.02 Å². The Morgan fingerprint density at radius 1 is 0.927 bits per heavy atom. The van der Waals surface area contributed by atoms with Gasteiger partial charge in [-0.3, -0.25) is 14.6 Å². The van der Waals surface area contributed by atoms with Crippen molar-refractivity contribution in [2.45, 2.75) is 44.5 Å². The summed E-state index contributed by atoms with van der Waals surface area (Å²) in [6, 6.07) is 15.0. The zero-order valence-corrected chi connectivity index (χ0v) is 29.4. The number of pyridine rings is 1. The maximum atomic E-state index is 12.8. The topological polar surface area (TPSA) is 143 Å². The van der Waals surface area contributed by atoms with Crippen molar-refractivity contribution in [2.24, 2.45) is 5.92 Å². The Morgan fingerprint density at radius 2 is 1.64 bits per heavy atom. The van der Waals surface area contributed by atoms with E-state index in [4.69, 9.17) is 22.9 Å². The number of nitrogens with one attached hydrogen (secondary N) is 3. The Bertz CT molecular complexity index is 2060. The van der Waals surface area contributed by atoms with Crippen molar-refractivity contribution in [1.29, 1.82) is 0 Å². The molecule has 55 heavy (non-hydrogen) atoms. The number of nitrogens with zero attached hydrogens (tertiary/aromatic N) is 5. The Kier molecular flexibility index (Phi) is 12.8. The van der Waals surface area contributed by atoms with Crippen LogP contribution in [0, 0.1) is 12.5 Å². The SMILES string of the molecule is O=C(C(=O)C(F)(F)F)C(F)(F)F.[C-]#[N+]c1ccccc1NC(=O)N1CCC(CCOc2ccc3cc2CCc2cncc(c2)Nc2ncc(Cl)c(n2)N3)CC1. The summed E-state index contributed by atoms with van der Waals surface area (Å²) in [6.07, 6.45) is -2.05. The summed E-state index contributed by atoms with van der Waals surface area (Å²) in [7, 11) is 0. The number of aromatic nitrogens is 3. The molecule has 2 aliphatic rings. The van der Waals surface area contributed by atoms with E-state index in [1.165, 1.54) is 0 Å². The maximum absolute atomic E-state index is 12.8. The summed E-state index contributed by atoms with van der Waals surface area (Å²) >= 11 is 6.39. The normalized spacial score (nSPS) is 14.2. The van der Waals surface area contributed by atoms with Crippen LogP contribution in [-0.4, -0.2) is 69.5 Å². The molecule has 2 aliphatic heterocycles. The minimum Gasteiger partial charge on any atom is -0.493 e. The van der Waals surface area contributed by atoms with E-state index in [0.29, 0.717) is 53.8 Å².